The van der Waals surface area contributed by atoms with E-state index in [-0.39, 0.29) is 11.9 Å². The minimum absolute atomic E-state index is 0.00177. The molecule has 0 aliphatic carbocycles. The van der Waals surface area contributed by atoms with Gasteiger partial charge in [-0.25, -0.2) is 0 Å². The molecule has 0 aliphatic heterocycles. The van der Waals surface area contributed by atoms with Crippen LogP contribution in [0.5, 0.6) is 0 Å². The van der Waals surface area contributed by atoms with Gasteiger partial charge in [-0.15, -0.1) is 0 Å². The molecule has 0 heterocycles. The summed E-state index contributed by atoms with van der Waals surface area (Å²) >= 11 is 0. The number of ether oxygens (including phenoxy) is 2. The lowest BCUT2D eigenvalue weighted by atomic mass is 9.85. The van der Waals surface area contributed by atoms with Crippen LogP contribution in [-0.2, 0) is 19.1 Å². The van der Waals surface area contributed by atoms with Gasteiger partial charge in [0.2, 0.25) is 0 Å². The number of nitrogens with zero attached hydrogens (tertiary/aromatic N) is 1. The maximum Gasteiger partial charge on any atom is 0.305 e. The molecule has 5 nitrogen and oxygen atoms in total. The van der Waals surface area contributed by atoms with E-state index in [2.05, 4.69) is 74.4 Å². The number of hydrogen-bond acceptors (Lipinski definition) is 5. The fourth-order valence-corrected chi connectivity index (χ4v) is 8.04. The van der Waals surface area contributed by atoms with E-state index in [4.69, 9.17) is 9.47 Å². The summed E-state index contributed by atoms with van der Waals surface area (Å²) in [6, 6.07) is 0. The van der Waals surface area contributed by atoms with Crippen LogP contribution in [0.4, 0.5) is 0 Å². The fraction of sp³-hybridized carbons (Fsp3) is 0.959. The van der Waals surface area contributed by atoms with E-state index in [1.165, 1.54) is 129 Å². The van der Waals surface area contributed by atoms with E-state index >= 15 is 0 Å². The molecule has 2 atom stereocenters. The van der Waals surface area contributed by atoms with Gasteiger partial charge in [0.25, 0.3) is 0 Å². The SMILES string of the molecule is CC(C)CCC(CCCOC(=O)CCCCCCCC(CCCCCCCC(=O)OCCCC(CCC(C)C)C(C)C)CCCCCCN(C)C)C(C)C. The molecule has 0 amide bonds. The third-order valence-electron chi connectivity index (χ3n) is 12.0. The number of carbonyl (C=O) groups excluding carboxylic acids is 2. The van der Waals surface area contributed by atoms with Crippen LogP contribution in [0.15, 0.2) is 0 Å². The van der Waals surface area contributed by atoms with Gasteiger partial charge in [-0.05, 0) is 120 Å². The van der Waals surface area contributed by atoms with E-state index in [0.717, 1.165) is 68.1 Å². The van der Waals surface area contributed by atoms with Crippen molar-refractivity contribution in [3.05, 3.63) is 0 Å². The molecule has 2 unspecified atom stereocenters. The summed E-state index contributed by atoms with van der Waals surface area (Å²) in [4.78, 5) is 26.9. The quantitative estimate of drug-likeness (QED) is 0.0461. The van der Waals surface area contributed by atoms with Crippen molar-refractivity contribution >= 4 is 11.9 Å². The third-order valence-corrected chi connectivity index (χ3v) is 12.0. The van der Waals surface area contributed by atoms with E-state index < -0.39 is 0 Å². The second kappa shape index (κ2) is 36.3. The molecule has 322 valence electrons. The van der Waals surface area contributed by atoms with Crippen LogP contribution in [0.2, 0.25) is 0 Å². The molecule has 0 aromatic heterocycles. The lowest BCUT2D eigenvalue weighted by molar-refractivity contribution is -0.144. The van der Waals surface area contributed by atoms with Crippen molar-refractivity contribution in [2.75, 3.05) is 33.9 Å². The van der Waals surface area contributed by atoms with Gasteiger partial charge in [-0.2, -0.15) is 0 Å². The zero-order valence-corrected chi connectivity index (χ0v) is 38.3. The summed E-state index contributed by atoms with van der Waals surface area (Å²) < 4.78 is 11.2. The summed E-state index contributed by atoms with van der Waals surface area (Å²) in [5.74, 6) is 5.28. The summed E-state index contributed by atoms with van der Waals surface area (Å²) in [7, 11) is 4.34. The Morgan fingerprint density at radius 1 is 0.407 bits per heavy atom. The van der Waals surface area contributed by atoms with Gasteiger partial charge in [-0.1, -0.05) is 158 Å². The maximum atomic E-state index is 12.3. The Morgan fingerprint density at radius 3 is 1.11 bits per heavy atom. The first kappa shape index (κ1) is 52.9. The van der Waals surface area contributed by atoms with Crippen molar-refractivity contribution in [2.45, 2.75) is 229 Å². The normalized spacial score (nSPS) is 13.8. The molecule has 54 heavy (non-hydrogen) atoms. The highest BCUT2D eigenvalue weighted by Gasteiger charge is 2.16. The van der Waals surface area contributed by atoms with E-state index in [9.17, 15) is 9.59 Å². The van der Waals surface area contributed by atoms with Crippen LogP contribution in [0.3, 0.4) is 0 Å². The maximum absolute atomic E-state index is 12.3. The van der Waals surface area contributed by atoms with E-state index in [0.29, 0.717) is 37.9 Å². The van der Waals surface area contributed by atoms with Gasteiger partial charge in [-0.3, -0.25) is 9.59 Å². The summed E-state index contributed by atoms with van der Waals surface area (Å²) in [6.07, 6.45) is 32.0. The first-order valence-corrected chi connectivity index (χ1v) is 23.8. The smallest absolute Gasteiger partial charge is 0.305 e. The van der Waals surface area contributed by atoms with Gasteiger partial charge in [0.1, 0.15) is 0 Å². The molecule has 0 fully saturated rings. The molecule has 0 saturated carbocycles. The van der Waals surface area contributed by atoms with Crippen LogP contribution in [0, 0.1) is 41.4 Å². The molecular formula is C49H97NO4. The lowest BCUT2D eigenvalue weighted by Crippen LogP contribution is -2.12. The first-order chi connectivity index (χ1) is 25.8. The van der Waals surface area contributed by atoms with Gasteiger partial charge >= 0.3 is 11.9 Å². The molecule has 5 heteroatoms. The van der Waals surface area contributed by atoms with Crippen molar-refractivity contribution < 1.29 is 19.1 Å². The first-order valence-electron chi connectivity index (χ1n) is 23.8. The number of unbranched alkanes of at least 4 members (excludes halogenated alkanes) is 11. The van der Waals surface area contributed by atoms with Crippen LogP contribution in [0.1, 0.15) is 229 Å². The van der Waals surface area contributed by atoms with Gasteiger partial charge in [0.05, 0.1) is 13.2 Å². The van der Waals surface area contributed by atoms with E-state index in [1.54, 1.807) is 0 Å². The molecule has 0 aromatic rings. The van der Waals surface area contributed by atoms with Crippen LogP contribution < -0.4 is 0 Å². The highest BCUT2D eigenvalue weighted by Crippen LogP contribution is 2.27. The van der Waals surface area contributed by atoms with Crippen LogP contribution >= 0.6 is 0 Å². The van der Waals surface area contributed by atoms with E-state index in [1.807, 2.05) is 0 Å². The summed E-state index contributed by atoms with van der Waals surface area (Å²) in [5, 5.41) is 0. The number of esters is 2. The van der Waals surface area contributed by atoms with Gasteiger partial charge in [0.15, 0.2) is 0 Å². The Balaban J connectivity index is 4.19. The van der Waals surface area contributed by atoms with Crippen LogP contribution in [-0.4, -0.2) is 50.7 Å². The fourth-order valence-electron chi connectivity index (χ4n) is 8.04. The monoisotopic (exact) mass is 764 g/mol. The Kier molecular flexibility index (Phi) is 35.5. The van der Waals surface area contributed by atoms with Crippen molar-refractivity contribution in [1.82, 2.24) is 4.90 Å². The zero-order chi connectivity index (χ0) is 40.4. The molecule has 0 aromatic carbocycles. The van der Waals surface area contributed by atoms with Gasteiger partial charge in [0, 0.05) is 12.8 Å². The minimum atomic E-state index is 0.00177. The Hall–Kier alpha value is -1.10. The molecule has 0 radical (unpaired) electrons. The Morgan fingerprint density at radius 2 is 0.759 bits per heavy atom. The number of hydrogen-bond donors (Lipinski definition) is 0. The highest BCUT2D eigenvalue weighted by molar-refractivity contribution is 5.69. The van der Waals surface area contributed by atoms with Crippen LogP contribution in [0.25, 0.3) is 0 Å². The predicted molar refractivity (Wildman–Crippen MR) is 235 cm³/mol. The largest absolute Gasteiger partial charge is 0.466 e. The Bertz CT molecular complexity index is 780. The predicted octanol–water partition coefficient (Wildman–Crippen LogP) is 14.6. The molecule has 0 N–H and O–H groups in total. The van der Waals surface area contributed by atoms with Crippen molar-refractivity contribution in [3.63, 3.8) is 0 Å². The highest BCUT2D eigenvalue weighted by atomic mass is 16.5. The molecule has 0 saturated heterocycles. The zero-order valence-electron chi connectivity index (χ0n) is 38.3. The number of rotatable bonds is 39. The molecule has 0 rings (SSSR count). The topological polar surface area (TPSA) is 55.8 Å². The van der Waals surface area contributed by atoms with Crippen molar-refractivity contribution in [2.24, 2.45) is 41.4 Å². The van der Waals surface area contributed by atoms with Gasteiger partial charge < -0.3 is 14.4 Å². The standard InChI is InChI=1S/C49H97NO4/c1-41(2)34-36-46(43(5)6)30-25-39-53-48(51)32-22-15-11-13-19-27-45(29-21-17-18-24-38-50(9)10)28-20-14-12-16-23-33-49(52)54-40-26-31-47(44(7)8)37-35-42(3)4/h41-47H,11-40H2,1-10H3. The average molecular weight is 764 g/mol. The second-order valence-corrected chi connectivity index (χ2v) is 19.2. The summed E-state index contributed by atoms with van der Waals surface area (Å²) in [6.45, 7) is 20.9. The molecule has 0 spiro atoms. The molecular weight excluding hydrogens is 667 g/mol. The average Bonchev–Trinajstić information content (AvgIpc) is 3.10. The molecule has 0 bridgehead atoms. The second-order valence-electron chi connectivity index (χ2n) is 19.2. The third kappa shape index (κ3) is 35.3. The minimum Gasteiger partial charge on any atom is -0.466 e. The number of carbonyl (C=O) groups is 2. The lowest BCUT2D eigenvalue weighted by Gasteiger charge is -2.21. The molecule has 0 aliphatic rings. The van der Waals surface area contributed by atoms with Crippen molar-refractivity contribution in [1.29, 1.82) is 0 Å². The summed E-state index contributed by atoms with van der Waals surface area (Å²) in [5.41, 5.74) is 0. The van der Waals surface area contributed by atoms with Crippen molar-refractivity contribution in [3.8, 4) is 0 Å². The Labute approximate surface area is 339 Å².